The van der Waals surface area contributed by atoms with Gasteiger partial charge in [0, 0.05) is 13.7 Å². The minimum atomic E-state index is -0.392. The first kappa shape index (κ1) is 16.0. The molecule has 0 unspecified atom stereocenters. The van der Waals surface area contributed by atoms with Crippen LogP contribution in [0, 0.1) is 5.41 Å². The van der Waals surface area contributed by atoms with E-state index in [9.17, 15) is 4.79 Å². The zero-order valence-electron chi connectivity index (χ0n) is 13.6. The van der Waals surface area contributed by atoms with Gasteiger partial charge in [-0.15, -0.1) is 0 Å². The molecule has 3 rings (SSSR count). The van der Waals surface area contributed by atoms with E-state index in [-0.39, 0.29) is 5.91 Å². The maximum absolute atomic E-state index is 12.7. The van der Waals surface area contributed by atoms with Crippen molar-refractivity contribution in [2.75, 3.05) is 26.8 Å². The van der Waals surface area contributed by atoms with Crippen molar-refractivity contribution in [2.45, 2.75) is 19.4 Å². The molecule has 0 atom stereocenters. The van der Waals surface area contributed by atoms with Crippen LogP contribution < -0.4 is 10.6 Å². The van der Waals surface area contributed by atoms with E-state index in [0.29, 0.717) is 13.2 Å². The van der Waals surface area contributed by atoms with E-state index in [1.54, 1.807) is 7.11 Å². The molecule has 1 amide bonds. The average Bonchev–Trinajstić information content (AvgIpc) is 2.60. The van der Waals surface area contributed by atoms with Crippen molar-refractivity contribution in [1.29, 1.82) is 0 Å². The maximum Gasteiger partial charge on any atom is 0.228 e. The SMILES string of the molecule is COCC1(C(=O)NCc2ccc3ccccc3c2)CCNCC1. The minimum Gasteiger partial charge on any atom is -0.384 e. The Morgan fingerprint density at radius 3 is 2.65 bits per heavy atom. The largest absolute Gasteiger partial charge is 0.384 e. The van der Waals surface area contributed by atoms with Crippen LogP contribution in [0.15, 0.2) is 42.5 Å². The standard InChI is InChI=1S/C19H24N2O2/c1-23-14-19(8-10-20-11-9-19)18(22)21-13-15-6-7-16-4-2-3-5-17(16)12-15/h2-7,12,20H,8-11,13-14H2,1H3,(H,21,22). The molecule has 1 aliphatic heterocycles. The number of fused-ring (bicyclic) bond motifs is 1. The summed E-state index contributed by atoms with van der Waals surface area (Å²) in [4.78, 5) is 12.7. The summed E-state index contributed by atoms with van der Waals surface area (Å²) in [6, 6.07) is 14.6. The molecule has 1 saturated heterocycles. The Bertz CT molecular complexity index is 672. The second kappa shape index (κ2) is 7.11. The van der Waals surface area contributed by atoms with E-state index in [1.807, 2.05) is 12.1 Å². The van der Waals surface area contributed by atoms with Crippen LogP contribution >= 0.6 is 0 Å². The summed E-state index contributed by atoms with van der Waals surface area (Å²) < 4.78 is 5.33. The summed E-state index contributed by atoms with van der Waals surface area (Å²) in [5.41, 5.74) is 0.732. The molecule has 0 radical (unpaired) electrons. The fraction of sp³-hybridized carbons (Fsp3) is 0.421. The Labute approximate surface area is 137 Å². The third kappa shape index (κ3) is 3.54. The molecule has 0 aromatic heterocycles. The predicted molar refractivity (Wildman–Crippen MR) is 92.2 cm³/mol. The van der Waals surface area contributed by atoms with Crippen molar-refractivity contribution in [3.05, 3.63) is 48.0 Å². The van der Waals surface area contributed by atoms with E-state index >= 15 is 0 Å². The lowest BCUT2D eigenvalue weighted by Crippen LogP contribution is -2.49. The number of benzene rings is 2. The Balaban J connectivity index is 1.68. The zero-order chi connectivity index (χ0) is 16.1. The highest BCUT2D eigenvalue weighted by molar-refractivity contribution is 5.84. The van der Waals surface area contributed by atoms with Crippen LogP contribution in [0.1, 0.15) is 18.4 Å². The lowest BCUT2D eigenvalue weighted by molar-refractivity contribution is -0.136. The highest BCUT2D eigenvalue weighted by atomic mass is 16.5. The molecule has 0 aliphatic carbocycles. The molecule has 4 nitrogen and oxygen atoms in total. The molecule has 2 aromatic carbocycles. The predicted octanol–water partition coefficient (Wildman–Crippen LogP) is 2.47. The van der Waals surface area contributed by atoms with Crippen LogP contribution in [0.3, 0.4) is 0 Å². The number of piperidine rings is 1. The van der Waals surface area contributed by atoms with Crippen molar-refractivity contribution in [1.82, 2.24) is 10.6 Å². The number of hydrogen-bond donors (Lipinski definition) is 2. The quantitative estimate of drug-likeness (QED) is 0.892. The van der Waals surface area contributed by atoms with Crippen molar-refractivity contribution in [2.24, 2.45) is 5.41 Å². The second-order valence-corrected chi connectivity index (χ2v) is 6.33. The van der Waals surface area contributed by atoms with Crippen molar-refractivity contribution >= 4 is 16.7 Å². The summed E-state index contributed by atoms with van der Waals surface area (Å²) in [5.74, 6) is 0.106. The van der Waals surface area contributed by atoms with Gasteiger partial charge in [0.25, 0.3) is 0 Å². The molecule has 122 valence electrons. The van der Waals surface area contributed by atoms with E-state index in [2.05, 4.69) is 41.0 Å². The Morgan fingerprint density at radius 2 is 1.91 bits per heavy atom. The number of nitrogens with one attached hydrogen (secondary N) is 2. The summed E-state index contributed by atoms with van der Waals surface area (Å²) >= 11 is 0. The van der Waals surface area contributed by atoms with Gasteiger partial charge in [-0.1, -0.05) is 36.4 Å². The molecule has 2 aromatic rings. The molecule has 4 heteroatoms. The number of rotatable bonds is 5. The lowest BCUT2D eigenvalue weighted by atomic mass is 9.78. The third-order valence-electron chi connectivity index (χ3n) is 4.73. The number of methoxy groups -OCH3 is 1. The van der Waals surface area contributed by atoms with Crippen LogP contribution in [-0.4, -0.2) is 32.7 Å². The monoisotopic (exact) mass is 312 g/mol. The molecule has 23 heavy (non-hydrogen) atoms. The fourth-order valence-corrected chi connectivity index (χ4v) is 3.34. The number of carbonyl (C=O) groups excluding carboxylic acids is 1. The first-order valence-corrected chi connectivity index (χ1v) is 8.19. The molecule has 1 heterocycles. The Kier molecular flexibility index (Phi) is 4.94. The highest BCUT2D eigenvalue weighted by Gasteiger charge is 2.39. The number of carbonyl (C=O) groups is 1. The van der Waals surface area contributed by atoms with Crippen LogP contribution in [-0.2, 0) is 16.1 Å². The Morgan fingerprint density at radius 1 is 1.17 bits per heavy atom. The molecule has 0 saturated carbocycles. The van der Waals surface area contributed by atoms with Crippen molar-refractivity contribution < 1.29 is 9.53 Å². The van der Waals surface area contributed by atoms with Gasteiger partial charge in [-0.05, 0) is 48.3 Å². The van der Waals surface area contributed by atoms with Gasteiger partial charge in [0.05, 0.1) is 12.0 Å². The fourth-order valence-electron chi connectivity index (χ4n) is 3.34. The van der Waals surface area contributed by atoms with Crippen LogP contribution in [0.2, 0.25) is 0 Å². The van der Waals surface area contributed by atoms with Crippen LogP contribution in [0.25, 0.3) is 10.8 Å². The molecule has 0 spiro atoms. The highest BCUT2D eigenvalue weighted by Crippen LogP contribution is 2.29. The van der Waals surface area contributed by atoms with Gasteiger partial charge in [-0.25, -0.2) is 0 Å². The van der Waals surface area contributed by atoms with E-state index in [1.165, 1.54) is 10.8 Å². The maximum atomic E-state index is 12.7. The third-order valence-corrected chi connectivity index (χ3v) is 4.73. The van der Waals surface area contributed by atoms with Crippen LogP contribution in [0.4, 0.5) is 0 Å². The van der Waals surface area contributed by atoms with Gasteiger partial charge in [-0.3, -0.25) is 4.79 Å². The van der Waals surface area contributed by atoms with Gasteiger partial charge in [0.15, 0.2) is 0 Å². The van der Waals surface area contributed by atoms with Gasteiger partial charge in [-0.2, -0.15) is 0 Å². The molecule has 1 fully saturated rings. The summed E-state index contributed by atoms with van der Waals surface area (Å²) in [5, 5.41) is 8.84. The van der Waals surface area contributed by atoms with Crippen molar-refractivity contribution in [3.8, 4) is 0 Å². The summed E-state index contributed by atoms with van der Waals surface area (Å²) in [7, 11) is 1.67. The van der Waals surface area contributed by atoms with Crippen molar-refractivity contribution in [3.63, 3.8) is 0 Å². The van der Waals surface area contributed by atoms with E-state index < -0.39 is 5.41 Å². The summed E-state index contributed by atoms with van der Waals surface area (Å²) in [6.45, 7) is 2.78. The topological polar surface area (TPSA) is 50.4 Å². The van der Waals surface area contributed by atoms with E-state index in [4.69, 9.17) is 4.74 Å². The summed E-state index contributed by atoms with van der Waals surface area (Å²) in [6.07, 6.45) is 1.65. The molecular weight excluding hydrogens is 288 g/mol. The normalized spacial score (nSPS) is 17.1. The smallest absolute Gasteiger partial charge is 0.228 e. The Hall–Kier alpha value is -1.91. The first-order chi connectivity index (χ1) is 11.2. The second-order valence-electron chi connectivity index (χ2n) is 6.33. The number of ether oxygens (including phenoxy) is 1. The van der Waals surface area contributed by atoms with Gasteiger partial charge < -0.3 is 15.4 Å². The zero-order valence-corrected chi connectivity index (χ0v) is 13.6. The average molecular weight is 312 g/mol. The molecule has 1 aliphatic rings. The van der Waals surface area contributed by atoms with E-state index in [0.717, 1.165) is 31.5 Å². The first-order valence-electron chi connectivity index (χ1n) is 8.19. The molecular formula is C19H24N2O2. The minimum absolute atomic E-state index is 0.106. The van der Waals surface area contributed by atoms with Gasteiger partial charge >= 0.3 is 0 Å². The van der Waals surface area contributed by atoms with Gasteiger partial charge in [0.1, 0.15) is 0 Å². The molecule has 2 N–H and O–H groups in total. The van der Waals surface area contributed by atoms with Crippen LogP contribution in [0.5, 0.6) is 0 Å². The number of amides is 1. The molecule has 0 bridgehead atoms. The lowest BCUT2D eigenvalue weighted by Gasteiger charge is -2.35. The number of hydrogen-bond acceptors (Lipinski definition) is 3. The van der Waals surface area contributed by atoms with Gasteiger partial charge in [0.2, 0.25) is 5.91 Å².